The van der Waals surface area contributed by atoms with E-state index in [1.165, 1.54) is 16.9 Å². The molecule has 1 atom stereocenters. The Hall–Kier alpha value is -1.12. The molecule has 1 nitrogen and oxygen atoms in total. The van der Waals surface area contributed by atoms with Gasteiger partial charge in [0.15, 0.2) is 0 Å². The van der Waals surface area contributed by atoms with Crippen LogP contribution in [-0.4, -0.2) is 13.1 Å². The Kier molecular flexibility index (Phi) is 3.25. The molecule has 88 valence electrons. The topological polar surface area (TPSA) is 12.0 Å². The molecule has 17 heavy (non-hydrogen) atoms. The molecule has 0 radical (unpaired) electrons. The van der Waals surface area contributed by atoms with Gasteiger partial charge in [-0.05, 0) is 42.0 Å². The van der Waals surface area contributed by atoms with Crippen LogP contribution in [0.4, 0.5) is 0 Å². The fraction of sp³-hybridized carbons (Fsp3) is 0.333. The molecule has 1 N–H and O–H groups in total. The summed E-state index contributed by atoms with van der Waals surface area (Å²) < 4.78 is 0. The van der Waals surface area contributed by atoms with E-state index in [4.69, 9.17) is 0 Å². The average Bonchev–Trinajstić information content (AvgIpc) is 2.82. The Morgan fingerprint density at radius 2 is 2.12 bits per heavy atom. The van der Waals surface area contributed by atoms with E-state index in [1.807, 2.05) is 11.3 Å². The number of nitrogens with one attached hydrogen (secondary N) is 1. The predicted octanol–water partition coefficient (Wildman–Crippen LogP) is 3.22. The van der Waals surface area contributed by atoms with Gasteiger partial charge >= 0.3 is 0 Å². The molecule has 0 aliphatic heterocycles. The van der Waals surface area contributed by atoms with Crippen molar-refractivity contribution in [2.45, 2.75) is 18.8 Å². The van der Waals surface area contributed by atoms with Crippen LogP contribution in [-0.2, 0) is 12.8 Å². The third kappa shape index (κ3) is 2.43. The van der Waals surface area contributed by atoms with Gasteiger partial charge in [0, 0.05) is 17.3 Å². The molecule has 1 unspecified atom stereocenters. The molecule has 0 spiro atoms. The number of rotatable bonds is 5. The number of hydrogen-bond acceptors (Lipinski definition) is 2. The number of fused-ring (bicyclic) bond motifs is 1. The van der Waals surface area contributed by atoms with E-state index in [1.54, 1.807) is 5.56 Å². The summed E-state index contributed by atoms with van der Waals surface area (Å²) in [5, 5.41) is 5.72. The predicted molar refractivity (Wildman–Crippen MR) is 73.8 cm³/mol. The van der Waals surface area contributed by atoms with Crippen molar-refractivity contribution < 1.29 is 0 Å². The normalized spacial score (nSPS) is 17.5. The summed E-state index contributed by atoms with van der Waals surface area (Å²) in [5.41, 5.74) is 3.09. The standard InChI is InChI=1S/C15H17NS/c1-2-6-15-12(4-1)10-13(15)11-16-8-7-14-5-3-9-17-14/h1-6,9,13,16H,7-8,10-11H2. The van der Waals surface area contributed by atoms with E-state index in [9.17, 15) is 0 Å². The fourth-order valence-corrected chi connectivity index (χ4v) is 3.20. The maximum Gasteiger partial charge on any atom is 0.00578 e. The second kappa shape index (κ2) is 5.03. The van der Waals surface area contributed by atoms with Gasteiger partial charge in [0.1, 0.15) is 0 Å². The van der Waals surface area contributed by atoms with Gasteiger partial charge in [-0.1, -0.05) is 30.3 Å². The zero-order chi connectivity index (χ0) is 11.5. The first kappa shape index (κ1) is 11.0. The summed E-state index contributed by atoms with van der Waals surface area (Å²) in [6, 6.07) is 13.1. The minimum atomic E-state index is 0.745. The third-order valence-corrected chi connectivity index (χ3v) is 4.42. The van der Waals surface area contributed by atoms with E-state index in [0.29, 0.717) is 0 Å². The zero-order valence-electron chi connectivity index (χ0n) is 9.86. The molecule has 0 saturated carbocycles. The summed E-state index contributed by atoms with van der Waals surface area (Å²) in [6.07, 6.45) is 2.41. The van der Waals surface area contributed by atoms with Crippen molar-refractivity contribution in [2.24, 2.45) is 0 Å². The minimum Gasteiger partial charge on any atom is -0.316 e. The van der Waals surface area contributed by atoms with Crippen molar-refractivity contribution in [2.75, 3.05) is 13.1 Å². The lowest BCUT2D eigenvalue weighted by Gasteiger charge is -2.30. The second-order valence-corrected chi connectivity index (χ2v) is 5.67. The number of benzene rings is 1. The Morgan fingerprint density at radius 1 is 1.18 bits per heavy atom. The molecule has 2 heteroatoms. The highest BCUT2D eigenvalue weighted by Crippen LogP contribution is 2.33. The average molecular weight is 243 g/mol. The molecule has 3 rings (SSSR count). The second-order valence-electron chi connectivity index (χ2n) is 4.63. The highest BCUT2D eigenvalue weighted by atomic mass is 32.1. The van der Waals surface area contributed by atoms with E-state index < -0.39 is 0 Å². The summed E-state index contributed by atoms with van der Waals surface area (Å²) in [6.45, 7) is 2.22. The van der Waals surface area contributed by atoms with Gasteiger partial charge in [-0.3, -0.25) is 0 Å². The largest absolute Gasteiger partial charge is 0.316 e. The van der Waals surface area contributed by atoms with E-state index in [-0.39, 0.29) is 0 Å². The lowest BCUT2D eigenvalue weighted by atomic mass is 9.77. The van der Waals surface area contributed by atoms with Crippen LogP contribution >= 0.6 is 11.3 Å². The maximum absolute atomic E-state index is 3.57. The highest BCUT2D eigenvalue weighted by Gasteiger charge is 2.24. The van der Waals surface area contributed by atoms with Crippen molar-refractivity contribution in [3.05, 3.63) is 57.8 Å². The monoisotopic (exact) mass is 243 g/mol. The summed E-state index contributed by atoms with van der Waals surface area (Å²) in [5.74, 6) is 0.745. The fourth-order valence-electron chi connectivity index (χ4n) is 2.49. The Balaban J connectivity index is 1.42. The van der Waals surface area contributed by atoms with Gasteiger partial charge in [-0.15, -0.1) is 11.3 Å². The molecular weight excluding hydrogens is 226 g/mol. The first-order valence-electron chi connectivity index (χ1n) is 6.24. The lowest BCUT2D eigenvalue weighted by molar-refractivity contribution is 0.538. The van der Waals surface area contributed by atoms with E-state index in [0.717, 1.165) is 25.4 Å². The first-order chi connectivity index (χ1) is 8.43. The van der Waals surface area contributed by atoms with Gasteiger partial charge in [0.25, 0.3) is 0 Å². The maximum atomic E-state index is 3.57. The molecule has 1 aliphatic carbocycles. The van der Waals surface area contributed by atoms with Crippen molar-refractivity contribution in [1.29, 1.82) is 0 Å². The van der Waals surface area contributed by atoms with Gasteiger partial charge in [0.05, 0.1) is 0 Å². The van der Waals surface area contributed by atoms with Crippen molar-refractivity contribution >= 4 is 11.3 Å². The Bertz CT molecular complexity index is 475. The van der Waals surface area contributed by atoms with Crippen LogP contribution in [0.25, 0.3) is 0 Å². The van der Waals surface area contributed by atoms with Crippen molar-refractivity contribution in [3.8, 4) is 0 Å². The van der Waals surface area contributed by atoms with Crippen LogP contribution in [0.5, 0.6) is 0 Å². The summed E-state index contributed by atoms with van der Waals surface area (Å²) >= 11 is 1.85. The van der Waals surface area contributed by atoms with E-state index >= 15 is 0 Å². The van der Waals surface area contributed by atoms with Crippen LogP contribution in [0.3, 0.4) is 0 Å². The molecule has 0 fully saturated rings. The van der Waals surface area contributed by atoms with Crippen LogP contribution in [0.15, 0.2) is 41.8 Å². The molecule has 1 aromatic heterocycles. The number of hydrogen-bond donors (Lipinski definition) is 1. The highest BCUT2D eigenvalue weighted by molar-refractivity contribution is 7.09. The van der Waals surface area contributed by atoms with Crippen molar-refractivity contribution in [1.82, 2.24) is 5.32 Å². The smallest absolute Gasteiger partial charge is 0.00578 e. The van der Waals surface area contributed by atoms with Crippen LogP contribution in [0, 0.1) is 0 Å². The quantitative estimate of drug-likeness (QED) is 0.795. The Labute approximate surface area is 106 Å². The summed E-state index contributed by atoms with van der Waals surface area (Å²) in [7, 11) is 0. The third-order valence-electron chi connectivity index (χ3n) is 3.48. The molecule has 1 aromatic carbocycles. The SMILES string of the molecule is c1csc(CCNCC2Cc3ccccc32)c1. The van der Waals surface area contributed by atoms with Crippen LogP contribution in [0.1, 0.15) is 21.9 Å². The van der Waals surface area contributed by atoms with Crippen LogP contribution in [0.2, 0.25) is 0 Å². The van der Waals surface area contributed by atoms with Crippen LogP contribution < -0.4 is 5.32 Å². The molecule has 1 heterocycles. The number of thiophene rings is 1. The summed E-state index contributed by atoms with van der Waals surface area (Å²) in [4.78, 5) is 1.48. The van der Waals surface area contributed by atoms with Gasteiger partial charge in [-0.2, -0.15) is 0 Å². The van der Waals surface area contributed by atoms with Crippen molar-refractivity contribution in [3.63, 3.8) is 0 Å². The lowest BCUT2D eigenvalue weighted by Crippen LogP contribution is -2.30. The molecule has 0 amide bonds. The molecule has 0 bridgehead atoms. The zero-order valence-corrected chi connectivity index (χ0v) is 10.7. The molecule has 0 saturated heterocycles. The molecular formula is C15H17NS. The van der Waals surface area contributed by atoms with Gasteiger partial charge < -0.3 is 5.32 Å². The van der Waals surface area contributed by atoms with Gasteiger partial charge in [-0.25, -0.2) is 0 Å². The Morgan fingerprint density at radius 3 is 2.94 bits per heavy atom. The first-order valence-corrected chi connectivity index (χ1v) is 7.12. The minimum absolute atomic E-state index is 0.745. The van der Waals surface area contributed by atoms with Gasteiger partial charge in [0.2, 0.25) is 0 Å². The molecule has 2 aromatic rings. The molecule has 1 aliphatic rings. The van der Waals surface area contributed by atoms with E-state index in [2.05, 4.69) is 47.1 Å².